The van der Waals surface area contributed by atoms with E-state index >= 15 is 0 Å². The first-order chi connectivity index (χ1) is 1.73. The second-order valence-corrected chi connectivity index (χ2v) is 0.289. The molecule has 0 unspecified atom stereocenters. The summed E-state index contributed by atoms with van der Waals surface area (Å²) < 4.78 is 0. The molecule has 0 aromatic heterocycles. The van der Waals surface area contributed by atoms with Gasteiger partial charge in [-0.15, -0.1) is 0 Å². The van der Waals surface area contributed by atoms with Crippen molar-refractivity contribution < 1.29 is 55.0 Å². The minimum atomic E-state index is -2.92. The number of rotatable bonds is 0. The van der Waals surface area contributed by atoms with E-state index in [0.717, 1.165) is 0 Å². The van der Waals surface area contributed by atoms with Crippen molar-refractivity contribution >= 4 is 52.8 Å². The molecule has 0 aliphatic heterocycles. The summed E-state index contributed by atoms with van der Waals surface area (Å²) in [6.07, 6.45) is 0. The quantitative estimate of drug-likeness (QED) is 0.422. The van der Waals surface area contributed by atoms with Crippen molar-refractivity contribution in [3.05, 3.63) is 0 Å². The molecule has 1 radical (unpaired) electrons. The Morgan fingerprint density at radius 1 is 1.00 bits per heavy atom. The van der Waals surface area contributed by atoms with Gasteiger partial charge in [-0.25, -0.2) is 0 Å². The molecule has 0 saturated heterocycles. The summed E-state index contributed by atoms with van der Waals surface area (Å²) in [4.78, 5) is 0. The molecule has 0 saturated carbocycles. The van der Waals surface area contributed by atoms with E-state index in [0.29, 0.717) is 0 Å². The van der Waals surface area contributed by atoms with Crippen molar-refractivity contribution in [2.45, 2.75) is 0 Å². The number of hydrogen-bond donors (Lipinski definition) is 0. The fourth-order valence-corrected chi connectivity index (χ4v) is 0. The molecule has 33 valence electrons. The van der Waals surface area contributed by atoms with Crippen molar-refractivity contribution in [1.82, 2.24) is 0 Å². The monoisotopic (exact) mass is 307 g/mol. The summed E-state index contributed by atoms with van der Waals surface area (Å²) in [5, 5.41) is 25.2. The topological polar surface area (TPSA) is 69.2 Å². The molecule has 0 heterocycles. The third-order valence-corrected chi connectivity index (χ3v) is 0. The van der Waals surface area contributed by atoms with Crippen LogP contribution in [0.3, 0.4) is 0 Å². The van der Waals surface area contributed by atoms with E-state index in [1.165, 1.54) is 0 Å². The van der Waals surface area contributed by atoms with Gasteiger partial charge in [-0.05, 0) is 0 Å². The molecule has 0 amide bonds. The van der Waals surface area contributed by atoms with Gasteiger partial charge in [0.2, 0.25) is 0 Å². The average molecular weight is 306 g/mol. The molecule has 0 aliphatic carbocycles. The van der Waals surface area contributed by atoms with Crippen LogP contribution in [0.1, 0.15) is 0 Å². The average Bonchev–Trinajstić information content (AvgIpc) is 0.811. The van der Waals surface area contributed by atoms with Gasteiger partial charge in [0.15, 0.2) is 0 Å². The van der Waals surface area contributed by atoms with Crippen LogP contribution in [-0.2, 0) is 0 Å². The molecular weight excluding hydrogens is 304 g/mol. The Hall–Kier alpha value is 2.75. The van der Waals surface area contributed by atoms with E-state index in [1.54, 1.807) is 0 Å². The molecule has 6 heteroatoms. The first-order valence-corrected chi connectivity index (χ1v) is 0.707. The van der Waals surface area contributed by atoms with Crippen molar-refractivity contribution in [2.24, 2.45) is 0 Å². The summed E-state index contributed by atoms with van der Waals surface area (Å²) in [5.74, 6) is 0. The molecule has 0 bridgehead atoms. The van der Waals surface area contributed by atoms with E-state index < -0.39 is 7.32 Å². The zero-order valence-electron chi connectivity index (χ0n) is 2.16. The van der Waals surface area contributed by atoms with Crippen molar-refractivity contribution in [1.29, 1.82) is 0 Å². The van der Waals surface area contributed by atoms with Crippen LogP contribution in [0.2, 0.25) is 0 Å². The standard InChI is InChI=1S/BO3.Gd.Sr.2H/c2-1(3)4;;;;/q-3;+3;;;. The van der Waals surface area contributed by atoms with Crippen LogP contribution in [0, 0.1) is 39.9 Å². The molecular formula is H2BGdO3Sr. The maximum absolute atomic E-state index is 8.42. The fraction of sp³-hybridized carbons (Fsp3) is 0. The van der Waals surface area contributed by atoms with Gasteiger partial charge in [-0.1, -0.05) is 0 Å². The molecule has 0 rings (SSSR count). The van der Waals surface area contributed by atoms with E-state index in [2.05, 4.69) is 0 Å². The Morgan fingerprint density at radius 2 is 1.00 bits per heavy atom. The van der Waals surface area contributed by atoms with Gasteiger partial charge in [-0.3, -0.25) is 7.32 Å². The summed E-state index contributed by atoms with van der Waals surface area (Å²) in [5.41, 5.74) is 0. The predicted octanol–water partition coefficient (Wildman–Crippen LogP) is -4.86. The van der Waals surface area contributed by atoms with E-state index in [4.69, 9.17) is 15.1 Å². The first kappa shape index (κ1) is 15.9. The zero-order chi connectivity index (χ0) is 3.58. The van der Waals surface area contributed by atoms with Crippen LogP contribution in [-0.4, -0.2) is 52.8 Å². The van der Waals surface area contributed by atoms with E-state index in [9.17, 15) is 0 Å². The zero-order valence-corrected chi connectivity index (χ0v) is 4.42. The second-order valence-electron chi connectivity index (χ2n) is 0.289. The Kier molecular flexibility index (Phi) is 28.3. The van der Waals surface area contributed by atoms with Gasteiger partial charge in [0, 0.05) is 0 Å². The van der Waals surface area contributed by atoms with Crippen LogP contribution >= 0.6 is 0 Å². The molecule has 3 nitrogen and oxygen atoms in total. The second kappa shape index (κ2) is 10.7. The van der Waals surface area contributed by atoms with Crippen molar-refractivity contribution in [2.75, 3.05) is 0 Å². The Balaban J connectivity index is -0.0000000450. The normalized spacial score (nSPS) is 4.50. The molecule has 0 fully saturated rings. The Labute approximate surface area is 105 Å². The van der Waals surface area contributed by atoms with Gasteiger partial charge < -0.3 is 15.1 Å². The van der Waals surface area contributed by atoms with E-state index in [1.807, 2.05) is 0 Å². The van der Waals surface area contributed by atoms with Gasteiger partial charge in [-0.2, -0.15) is 0 Å². The van der Waals surface area contributed by atoms with E-state index in [-0.39, 0.29) is 85.4 Å². The van der Waals surface area contributed by atoms with Crippen LogP contribution < -0.4 is 15.1 Å². The maximum atomic E-state index is 8.42. The van der Waals surface area contributed by atoms with Gasteiger partial charge >= 0.3 is 85.4 Å². The number of hydrogen-bond acceptors (Lipinski definition) is 3. The molecule has 0 aromatic carbocycles. The molecule has 0 atom stereocenters. The molecule has 6 heavy (non-hydrogen) atoms. The van der Waals surface area contributed by atoms with Gasteiger partial charge in [0.05, 0.1) is 0 Å². The molecule has 0 spiro atoms. The van der Waals surface area contributed by atoms with Crippen molar-refractivity contribution in [3.63, 3.8) is 0 Å². The fourth-order valence-electron chi connectivity index (χ4n) is 0. The van der Waals surface area contributed by atoms with Crippen LogP contribution in [0.4, 0.5) is 0 Å². The molecule has 0 aliphatic rings. The molecule has 0 N–H and O–H groups in total. The van der Waals surface area contributed by atoms with Crippen LogP contribution in [0.15, 0.2) is 0 Å². The predicted molar refractivity (Wildman–Crippen MR) is 14.3 cm³/mol. The van der Waals surface area contributed by atoms with Gasteiger partial charge in [0.1, 0.15) is 0 Å². The van der Waals surface area contributed by atoms with Crippen molar-refractivity contribution in [3.8, 4) is 0 Å². The third-order valence-electron chi connectivity index (χ3n) is 0. The summed E-state index contributed by atoms with van der Waals surface area (Å²) in [6.45, 7) is 0. The SMILES string of the molecule is [Gd+3].[O-]B([O-])[O-].[SrH2]. The Bertz CT molecular complexity index is 15.5. The summed E-state index contributed by atoms with van der Waals surface area (Å²) in [7, 11) is -2.92. The van der Waals surface area contributed by atoms with Crippen LogP contribution in [0.25, 0.3) is 0 Å². The third kappa shape index (κ3) is 29.5. The summed E-state index contributed by atoms with van der Waals surface area (Å²) in [6, 6.07) is 0. The van der Waals surface area contributed by atoms with Gasteiger partial charge in [0.25, 0.3) is 0 Å². The minimum absolute atomic E-state index is 0. The first-order valence-electron chi connectivity index (χ1n) is 0.707. The molecule has 0 aromatic rings. The Morgan fingerprint density at radius 3 is 1.00 bits per heavy atom. The summed E-state index contributed by atoms with van der Waals surface area (Å²) >= 11 is 0. The van der Waals surface area contributed by atoms with Crippen LogP contribution in [0.5, 0.6) is 0 Å².